The van der Waals surface area contributed by atoms with Crippen molar-refractivity contribution in [3.63, 3.8) is 0 Å². The van der Waals surface area contributed by atoms with Gasteiger partial charge in [-0.25, -0.2) is 0 Å². The number of carbonyl (C=O) groups is 2. The van der Waals surface area contributed by atoms with Crippen LogP contribution in [0.1, 0.15) is 19.8 Å². The average molecular weight is 216 g/mol. The van der Waals surface area contributed by atoms with Crippen molar-refractivity contribution in [2.45, 2.75) is 25.0 Å². The van der Waals surface area contributed by atoms with E-state index >= 15 is 0 Å². The van der Waals surface area contributed by atoms with E-state index in [1.165, 1.54) is 18.7 Å². The normalized spacial score (nSPS) is 21.7. The number of carbonyl (C=O) groups excluding carboxylic acids is 2. The molecule has 1 amide bonds. The van der Waals surface area contributed by atoms with Crippen LogP contribution in [0.15, 0.2) is 0 Å². The summed E-state index contributed by atoms with van der Waals surface area (Å²) in [4.78, 5) is 24.1. The molecule has 0 bridgehead atoms. The fourth-order valence-corrected chi connectivity index (χ4v) is 2.50. The summed E-state index contributed by atoms with van der Waals surface area (Å²) in [5, 5.41) is 0.237. The van der Waals surface area contributed by atoms with Gasteiger partial charge in [0, 0.05) is 31.7 Å². The standard InChI is InChI=1S/C9H16N2O2S/c1-7(12)14-8-5-9(13)11(6-8)4-2-3-10/h8H,2-6,10H2,1H3. The Morgan fingerprint density at radius 3 is 3.00 bits per heavy atom. The van der Waals surface area contributed by atoms with E-state index in [9.17, 15) is 9.59 Å². The predicted molar refractivity (Wildman–Crippen MR) is 56.9 cm³/mol. The quantitative estimate of drug-likeness (QED) is 0.730. The zero-order valence-electron chi connectivity index (χ0n) is 8.36. The summed E-state index contributed by atoms with van der Waals surface area (Å²) in [6, 6.07) is 0. The van der Waals surface area contributed by atoms with Crippen LogP contribution >= 0.6 is 11.8 Å². The largest absolute Gasteiger partial charge is 0.341 e. The molecule has 1 unspecified atom stereocenters. The zero-order chi connectivity index (χ0) is 10.6. The minimum absolute atomic E-state index is 0.0866. The predicted octanol–water partition coefficient (Wildman–Crippen LogP) is 0.216. The first kappa shape index (κ1) is 11.5. The molecule has 5 heteroatoms. The van der Waals surface area contributed by atoms with Crippen molar-refractivity contribution in [3.8, 4) is 0 Å². The molecule has 0 aliphatic carbocycles. The second-order valence-corrected chi connectivity index (χ2v) is 4.89. The molecule has 1 aliphatic rings. The van der Waals surface area contributed by atoms with E-state index < -0.39 is 0 Å². The summed E-state index contributed by atoms with van der Waals surface area (Å²) >= 11 is 1.27. The van der Waals surface area contributed by atoms with Crippen molar-refractivity contribution >= 4 is 22.8 Å². The third-order valence-corrected chi connectivity index (χ3v) is 3.12. The molecule has 4 nitrogen and oxygen atoms in total. The molecule has 1 atom stereocenters. The fourth-order valence-electron chi connectivity index (χ4n) is 1.55. The first-order valence-corrected chi connectivity index (χ1v) is 5.66. The molecular weight excluding hydrogens is 200 g/mol. The maximum Gasteiger partial charge on any atom is 0.223 e. The Kier molecular flexibility index (Phi) is 4.41. The van der Waals surface area contributed by atoms with Gasteiger partial charge in [0.15, 0.2) is 5.12 Å². The highest BCUT2D eigenvalue weighted by Gasteiger charge is 2.30. The number of nitrogens with two attached hydrogens (primary N) is 1. The van der Waals surface area contributed by atoms with Crippen molar-refractivity contribution in [1.29, 1.82) is 0 Å². The van der Waals surface area contributed by atoms with Gasteiger partial charge in [-0.05, 0) is 13.0 Å². The lowest BCUT2D eigenvalue weighted by molar-refractivity contribution is -0.127. The molecule has 1 fully saturated rings. The molecule has 1 saturated heterocycles. The van der Waals surface area contributed by atoms with E-state index in [4.69, 9.17) is 5.73 Å². The minimum atomic E-state index is 0.0866. The average Bonchev–Trinajstić information content (AvgIpc) is 2.41. The lowest BCUT2D eigenvalue weighted by Crippen LogP contribution is -2.28. The van der Waals surface area contributed by atoms with E-state index in [1.54, 1.807) is 4.90 Å². The number of hydrogen-bond donors (Lipinski definition) is 1. The van der Waals surface area contributed by atoms with Gasteiger partial charge in [-0.2, -0.15) is 0 Å². The third kappa shape index (κ3) is 3.31. The Morgan fingerprint density at radius 1 is 1.71 bits per heavy atom. The molecular formula is C9H16N2O2S. The molecule has 0 aromatic rings. The van der Waals surface area contributed by atoms with Gasteiger partial charge in [0.05, 0.1) is 0 Å². The van der Waals surface area contributed by atoms with Crippen molar-refractivity contribution in [3.05, 3.63) is 0 Å². The Labute approximate surface area is 88.2 Å². The van der Waals surface area contributed by atoms with Crippen LogP contribution in [0.25, 0.3) is 0 Å². The van der Waals surface area contributed by atoms with E-state index in [2.05, 4.69) is 0 Å². The molecule has 1 aliphatic heterocycles. The first-order chi connectivity index (χ1) is 6.63. The molecule has 1 rings (SSSR count). The summed E-state index contributed by atoms with van der Waals surface area (Å²) in [5.41, 5.74) is 5.37. The minimum Gasteiger partial charge on any atom is -0.341 e. The topological polar surface area (TPSA) is 63.4 Å². The third-order valence-electron chi connectivity index (χ3n) is 2.14. The van der Waals surface area contributed by atoms with Gasteiger partial charge < -0.3 is 10.6 Å². The smallest absolute Gasteiger partial charge is 0.223 e. The maximum atomic E-state index is 11.4. The molecule has 0 spiro atoms. The first-order valence-electron chi connectivity index (χ1n) is 4.78. The van der Waals surface area contributed by atoms with Gasteiger partial charge in [0.25, 0.3) is 0 Å². The second-order valence-electron chi connectivity index (χ2n) is 3.42. The van der Waals surface area contributed by atoms with Crippen LogP contribution in [0.5, 0.6) is 0 Å². The van der Waals surface area contributed by atoms with E-state index in [0.29, 0.717) is 19.5 Å². The number of rotatable bonds is 4. The van der Waals surface area contributed by atoms with Crippen LogP contribution < -0.4 is 5.73 Å². The molecule has 0 saturated carbocycles. The van der Waals surface area contributed by atoms with Crippen LogP contribution in [0.4, 0.5) is 0 Å². The van der Waals surface area contributed by atoms with Crippen LogP contribution in [0.3, 0.4) is 0 Å². The van der Waals surface area contributed by atoms with Crippen LogP contribution in [0.2, 0.25) is 0 Å². The van der Waals surface area contributed by atoms with Gasteiger partial charge in [-0.15, -0.1) is 0 Å². The Bertz CT molecular complexity index is 233. The lowest BCUT2D eigenvalue weighted by atomic mass is 10.4. The van der Waals surface area contributed by atoms with Crippen molar-refractivity contribution in [1.82, 2.24) is 4.90 Å². The number of likely N-dealkylation sites (tertiary alicyclic amines) is 1. The van der Waals surface area contributed by atoms with Crippen LogP contribution in [0, 0.1) is 0 Å². The number of thioether (sulfide) groups is 1. The van der Waals surface area contributed by atoms with E-state index in [1.807, 2.05) is 0 Å². The second kappa shape index (κ2) is 5.36. The van der Waals surface area contributed by atoms with Gasteiger partial charge >= 0.3 is 0 Å². The summed E-state index contributed by atoms with van der Waals surface area (Å²) in [6.07, 6.45) is 1.33. The highest BCUT2D eigenvalue weighted by Crippen LogP contribution is 2.23. The Morgan fingerprint density at radius 2 is 2.43 bits per heavy atom. The summed E-state index contributed by atoms with van der Waals surface area (Å²) < 4.78 is 0. The highest BCUT2D eigenvalue weighted by atomic mass is 32.2. The van der Waals surface area contributed by atoms with Gasteiger partial charge in [-0.1, -0.05) is 11.8 Å². The molecule has 80 valence electrons. The Balaban J connectivity index is 2.35. The summed E-state index contributed by atoms with van der Waals surface area (Å²) in [6.45, 7) is 3.57. The van der Waals surface area contributed by atoms with Crippen LogP contribution in [-0.2, 0) is 9.59 Å². The number of amides is 1. The van der Waals surface area contributed by atoms with E-state index in [-0.39, 0.29) is 16.3 Å². The van der Waals surface area contributed by atoms with Crippen molar-refractivity contribution in [2.75, 3.05) is 19.6 Å². The zero-order valence-corrected chi connectivity index (χ0v) is 9.18. The molecule has 14 heavy (non-hydrogen) atoms. The molecule has 0 aromatic heterocycles. The van der Waals surface area contributed by atoms with Crippen molar-refractivity contribution < 1.29 is 9.59 Å². The van der Waals surface area contributed by atoms with Crippen LogP contribution in [-0.4, -0.2) is 40.8 Å². The molecule has 2 N–H and O–H groups in total. The van der Waals surface area contributed by atoms with Gasteiger partial charge in [0.2, 0.25) is 5.91 Å². The highest BCUT2D eigenvalue weighted by molar-refractivity contribution is 8.14. The van der Waals surface area contributed by atoms with E-state index in [0.717, 1.165) is 13.0 Å². The summed E-state index contributed by atoms with van der Waals surface area (Å²) in [5.74, 6) is 0.150. The van der Waals surface area contributed by atoms with Crippen molar-refractivity contribution in [2.24, 2.45) is 5.73 Å². The molecule has 0 aromatic carbocycles. The lowest BCUT2D eigenvalue weighted by Gasteiger charge is -2.15. The number of hydrogen-bond acceptors (Lipinski definition) is 4. The number of nitrogens with zero attached hydrogens (tertiary/aromatic N) is 1. The monoisotopic (exact) mass is 216 g/mol. The summed E-state index contributed by atoms with van der Waals surface area (Å²) in [7, 11) is 0. The SMILES string of the molecule is CC(=O)SC1CC(=O)N(CCCN)C1. The Hall–Kier alpha value is -0.550. The fraction of sp³-hybridized carbons (Fsp3) is 0.778. The van der Waals surface area contributed by atoms with Gasteiger partial charge in [0.1, 0.15) is 0 Å². The molecule has 0 radical (unpaired) electrons. The molecule has 1 heterocycles. The maximum absolute atomic E-state index is 11.4. The van der Waals surface area contributed by atoms with Gasteiger partial charge in [-0.3, -0.25) is 9.59 Å².